The Morgan fingerprint density at radius 3 is 3.00 bits per heavy atom. The van der Waals surface area contributed by atoms with Crippen molar-refractivity contribution in [3.8, 4) is 0 Å². The number of likely N-dealkylation sites (tertiary alicyclic amines) is 1. The van der Waals surface area contributed by atoms with E-state index in [0.29, 0.717) is 18.1 Å². The van der Waals surface area contributed by atoms with E-state index in [2.05, 4.69) is 9.97 Å². The highest BCUT2D eigenvalue weighted by atomic mass is 16.5. The Bertz CT molecular complexity index is 540. The van der Waals surface area contributed by atoms with E-state index in [0.717, 1.165) is 12.8 Å². The normalized spacial score (nSPS) is 22.8. The molecule has 1 aliphatic heterocycles. The molecule has 0 aromatic carbocycles. The van der Waals surface area contributed by atoms with Crippen molar-refractivity contribution in [1.82, 2.24) is 14.9 Å². The van der Waals surface area contributed by atoms with Crippen molar-refractivity contribution in [3.05, 3.63) is 27.9 Å². The number of H-pyrrole nitrogens is 1. The van der Waals surface area contributed by atoms with Crippen molar-refractivity contribution in [2.75, 3.05) is 20.3 Å². The van der Waals surface area contributed by atoms with Crippen molar-refractivity contribution in [1.29, 1.82) is 0 Å². The molecule has 6 heteroatoms. The first-order valence-electron chi connectivity index (χ1n) is 6.35. The lowest BCUT2D eigenvalue weighted by Crippen LogP contribution is -2.46. The number of ether oxygens (including phenoxy) is 1. The molecule has 6 nitrogen and oxygen atoms in total. The minimum Gasteiger partial charge on any atom is -0.375 e. The number of amides is 1. The third-order valence-corrected chi connectivity index (χ3v) is 3.59. The molecule has 0 radical (unpaired) electrons. The van der Waals surface area contributed by atoms with E-state index in [1.54, 1.807) is 11.8 Å². The highest BCUT2D eigenvalue weighted by Gasteiger charge is 2.42. The topological polar surface area (TPSA) is 75.3 Å². The number of carbonyl (C=O) groups is 1. The molecule has 1 atom stereocenters. The van der Waals surface area contributed by atoms with Crippen LogP contribution in [0.15, 0.2) is 10.9 Å². The molecule has 19 heavy (non-hydrogen) atoms. The summed E-state index contributed by atoms with van der Waals surface area (Å²) in [5, 5.41) is 0. The van der Waals surface area contributed by atoms with Crippen LogP contribution in [0.1, 0.15) is 31.3 Å². The van der Waals surface area contributed by atoms with E-state index >= 15 is 0 Å². The first-order valence-corrected chi connectivity index (χ1v) is 6.35. The highest BCUT2D eigenvalue weighted by molar-refractivity contribution is 5.78. The maximum atomic E-state index is 12.1. The van der Waals surface area contributed by atoms with Crippen LogP contribution in [0, 0.1) is 6.92 Å². The van der Waals surface area contributed by atoms with Gasteiger partial charge >= 0.3 is 0 Å². The maximum Gasteiger partial charge on any atom is 0.251 e. The number of rotatable bonds is 3. The fourth-order valence-electron chi connectivity index (χ4n) is 2.64. The number of methoxy groups -OCH3 is 1. The summed E-state index contributed by atoms with van der Waals surface area (Å²) in [6, 6.07) is 1.45. The molecule has 2 rings (SSSR count). The van der Waals surface area contributed by atoms with Crippen molar-refractivity contribution in [2.24, 2.45) is 0 Å². The van der Waals surface area contributed by atoms with Crippen LogP contribution < -0.4 is 5.56 Å². The van der Waals surface area contributed by atoms with Crippen LogP contribution in [0.25, 0.3) is 0 Å². The predicted octanol–water partition coefficient (Wildman–Crippen LogP) is 0.562. The Morgan fingerprint density at radius 1 is 1.63 bits per heavy atom. The highest BCUT2D eigenvalue weighted by Crippen LogP contribution is 2.36. The predicted molar refractivity (Wildman–Crippen MR) is 69.8 cm³/mol. The van der Waals surface area contributed by atoms with Crippen molar-refractivity contribution in [3.63, 3.8) is 0 Å². The lowest BCUT2D eigenvalue weighted by Gasteiger charge is -2.34. The van der Waals surface area contributed by atoms with Crippen LogP contribution in [0.4, 0.5) is 0 Å². The Hall–Kier alpha value is -1.69. The lowest BCUT2D eigenvalue weighted by molar-refractivity contribution is -0.139. The molecular formula is C13H19N3O3. The van der Waals surface area contributed by atoms with E-state index in [4.69, 9.17) is 4.74 Å². The molecule has 1 fully saturated rings. The van der Waals surface area contributed by atoms with Gasteiger partial charge in [0.05, 0.1) is 5.54 Å². The maximum absolute atomic E-state index is 12.1. The molecule has 104 valence electrons. The molecule has 0 unspecified atom stereocenters. The quantitative estimate of drug-likeness (QED) is 0.866. The molecule has 1 aliphatic rings. The second-order valence-corrected chi connectivity index (χ2v) is 5.09. The molecular weight excluding hydrogens is 246 g/mol. The second-order valence-electron chi connectivity index (χ2n) is 5.09. The number of aryl methyl sites for hydroxylation is 1. The monoisotopic (exact) mass is 265 g/mol. The zero-order chi connectivity index (χ0) is 14.0. The third kappa shape index (κ3) is 2.53. The average molecular weight is 265 g/mol. The number of carbonyl (C=O) groups excluding carboxylic acids is 1. The zero-order valence-electron chi connectivity index (χ0n) is 11.5. The zero-order valence-corrected chi connectivity index (χ0v) is 11.5. The summed E-state index contributed by atoms with van der Waals surface area (Å²) in [6.45, 7) is 4.42. The third-order valence-electron chi connectivity index (χ3n) is 3.59. The molecule has 1 aromatic rings. The minimum atomic E-state index is -0.555. The van der Waals surface area contributed by atoms with Crippen molar-refractivity contribution in [2.45, 2.75) is 32.2 Å². The van der Waals surface area contributed by atoms with E-state index in [-0.39, 0.29) is 18.1 Å². The largest absolute Gasteiger partial charge is 0.375 e. The average Bonchev–Trinajstić information content (AvgIpc) is 2.72. The lowest BCUT2D eigenvalue weighted by atomic mass is 9.97. The second kappa shape index (κ2) is 5.13. The Balaban J connectivity index is 2.39. The van der Waals surface area contributed by atoms with Crippen LogP contribution in [0.2, 0.25) is 0 Å². The number of aromatic nitrogens is 2. The molecule has 0 spiro atoms. The van der Waals surface area contributed by atoms with Gasteiger partial charge in [-0.2, -0.15) is 0 Å². The van der Waals surface area contributed by atoms with Gasteiger partial charge in [-0.1, -0.05) is 0 Å². The van der Waals surface area contributed by atoms with Gasteiger partial charge in [0.15, 0.2) is 0 Å². The fraction of sp³-hybridized carbons (Fsp3) is 0.615. The van der Waals surface area contributed by atoms with Gasteiger partial charge in [-0.15, -0.1) is 0 Å². The molecule has 0 saturated carbocycles. The Labute approximate surface area is 111 Å². The van der Waals surface area contributed by atoms with Crippen LogP contribution in [0.3, 0.4) is 0 Å². The van der Waals surface area contributed by atoms with E-state index < -0.39 is 5.54 Å². The molecule has 0 aliphatic carbocycles. The van der Waals surface area contributed by atoms with Crippen molar-refractivity contribution < 1.29 is 9.53 Å². The van der Waals surface area contributed by atoms with Gasteiger partial charge in [-0.05, 0) is 26.7 Å². The summed E-state index contributed by atoms with van der Waals surface area (Å²) in [4.78, 5) is 32.6. The molecule has 2 heterocycles. The first-order chi connectivity index (χ1) is 8.97. The SMILES string of the molecule is COCC(=O)N1CCC[C@@]1(C)c1nc(C)cc(=O)[nH]1. The minimum absolute atomic E-state index is 0.0473. The number of hydrogen-bond acceptors (Lipinski definition) is 4. The van der Waals surface area contributed by atoms with Crippen LogP contribution >= 0.6 is 0 Å². The number of nitrogens with zero attached hydrogens (tertiary/aromatic N) is 2. The van der Waals surface area contributed by atoms with Gasteiger partial charge in [-0.3, -0.25) is 9.59 Å². The Kier molecular flexibility index (Phi) is 3.71. The van der Waals surface area contributed by atoms with E-state index in [1.165, 1.54) is 13.2 Å². The van der Waals surface area contributed by atoms with Gasteiger partial charge in [0, 0.05) is 25.4 Å². The molecule has 0 bridgehead atoms. The van der Waals surface area contributed by atoms with Crippen LogP contribution in [0.5, 0.6) is 0 Å². The van der Waals surface area contributed by atoms with Crippen molar-refractivity contribution >= 4 is 5.91 Å². The first kappa shape index (κ1) is 13.7. The van der Waals surface area contributed by atoms with E-state index in [1.807, 2.05) is 6.92 Å². The molecule has 1 amide bonds. The summed E-state index contributed by atoms with van der Waals surface area (Å²) < 4.78 is 4.91. The fourth-order valence-corrected chi connectivity index (χ4v) is 2.64. The number of nitrogens with one attached hydrogen (secondary N) is 1. The molecule has 1 N–H and O–H groups in total. The van der Waals surface area contributed by atoms with Crippen LogP contribution in [-0.4, -0.2) is 41.0 Å². The van der Waals surface area contributed by atoms with Gasteiger partial charge in [-0.25, -0.2) is 4.98 Å². The summed E-state index contributed by atoms with van der Waals surface area (Å²) in [5.41, 5.74) is -0.0818. The molecule has 1 aromatic heterocycles. The number of hydrogen-bond donors (Lipinski definition) is 1. The molecule has 1 saturated heterocycles. The summed E-state index contributed by atoms with van der Waals surface area (Å²) in [5.74, 6) is 0.478. The summed E-state index contributed by atoms with van der Waals surface area (Å²) in [6.07, 6.45) is 1.68. The standard InChI is InChI=1S/C13H19N3O3/c1-9-7-10(17)15-12(14-9)13(2)5-4-6-16(13)11(18)8-19-3/h7H,4-6,8H2,1-3H3,(H,14,15,17)/t13-/m0/s1. The van der Waals surface area contributed by atoms with Gasteiger partial charge in [0.2, 0.25) is 5.91 Å². The van der Waals surface area contributed by atoms with Gasteiger partial charge < -0.3 is 14.6 Å². The smallest absolute Gasteiger partial charge is 0.251 e. The van der Waals surface area contributed by atoms with E-state index in [9.17, 15) is 9.59 Å². The summed E-state index contributed by atoms with van der Waals surface area (Å²) in [7, 11) is 1.50. The summed E-state index contributed by atoms with van der Waals surface area (Å²) >= 11 is 0. The van der Waals surface area contributed by atoms with Gasteiger partial charge in [0.25, 0.3) is 5.56 Å². The van der Waals surface area contributed by atoms with Crippen LogP contribution in [-0.2, 0) is 15.1 Å². The van der Waals surface area contributed by atoms with Gasteiger partial charge in [0.1, 0.15) is 12.4 Å². The number of aromatic amines is 1. The Morgan fingerprint density at radius 2 is 2.37 bits per heavy atom.